The minimum atomic E-state index is 0.614. The van der Waals surface area contributed by atoms with Crippen LogP contribution in [0.15, 0.2) is 0 Å². The molecule has 17 heavy (non-hydrogen) atoms. The van der Waals surface area contributed by atoms with Gasteiger partial charge in [0.25, 0.3) is 0 Å². The molecule has 0 bridgehead atoms. The van der Waals surface area contributed by atoms with Crippen LogP contribution in [0.5, 0.6) is 0 Å². The first-order valence-electron chi connectivity index (χ1n) is 7.66. The Balaban J connectivity index is 2.16. The van der Waals surface area contributed by atoms with Crippen molar-refractivity contribution in [2.75, 3.05) is 5.75 Å². The fourth-order valence-electron chi connectivity index (χ4n) is 3.41. The highest BCUT2D eigenvalue weighted by molar-refractivity contribution is 7.80. The van der Waals surface area contributed by atoms with Gasteiger partial charge in [0.05, 0.1) is 0 Å². The second kappa shape index (κ2) is 7.71. The van der Waals surface area contributed by atoms with Crippen molar-refractivity contribution < 1.29 is 0 Å². The predicted octanol–water partition coefficient (Wildman–Crippen LogP) is 5.72. The molecule has 0 radical (unpaired) electrons. The van der Waals surface area contributed by atoms with Gasteiger partial charge in [-0.2, -0.15) is 12.6 Å². The monoisotopic (exact) mass is 256 g/mol. The molecule has 1 saturated carbocycles. The average Bonchev–Trinajstić information content (AvgIpc) is 2.27. The first-order valence-corrected chi connectivity index (χ1v) is 8.29. The van der Waals surface area contributed by atoms with Gasteiger partial charge in [-0.25, -0.2) is 0 Å². The molecule has 0 heterocycles. The van der Waals surface area contributed by atoms with E-state index in [4.69, 9.17) is 0 Å². The standard InChI is InChI=1S/C16H32S/c1-14(9-6-4-5-7-12-17)15-10-8-11-16(2,3)13-15/h14-15,17H,4-13H2,1-3H3. The second-order valence-electron chi connectivity index (χ2n) is 6.92. The lowest BCUT2D eigenvalue weighted by molar-refractivity contribution is 0.135. The molecule has 1 heteroatoms. The van der Waals surface area contributed by atoms with Crippen LogP contribution >= 0.6 is 12.6 Å². The van der Waals surface area contributed by atoms with Crippen molar-refractivity contribution in [3.8, 4) is 0 Å². The SMILES string of the molecule is CC(CCCCCCS)C1CCCC(C)(C)C1. The van der Waals surface area contributed by atoms with E-state index in [0.29, 0.717) is 5.41 Å². The Morgan fingerprint density at radius 3 is 2.53 bits per heavy atom. The maximum atomic E-state index is 4.27. The molecule has 1 rings (SSSR count). The minimum absolute atomic E-state index is 0.614. The van der Waals surface area contributed by atoms with Crippen LogP contribution in [0.4, 0.5) is 0 Å². The summed E-state index contributed by atoms with van der Waals surface area (Å²) in [4.78, 5) is 0. The maximum absolute atomic E-state index is 4.27. The molecule has 2 atom stereocenters. The van der Waals surface area contributed by atoms with Crippen molar-refractivity contribution in [1.82, 2.24) is 0 Å². The molecule has 0 N–H and O–H groups in total. The van der Waals surface area contributed by atoms with Crippen LogP contribution < -0.4 is 0 Å². The van der Waals surface area contributed by atoms with E-state index >= 15 is 0 Å². The van der Waals surface area contributed by atoms with E-state index in [1.165, 1.54) is 57.8 Å². The summed E-state index contributed by atoms with van der Waals surface area (Å²) >= 11 is 4.27. The quantitative estimate of drug-likeness (QED) is 0.437. The number of thiol groups is 1. The number of hydrogen-bond acceptors (Lipinski definition) is 1. The Hall–Kier alpha value is 0.350. The molecular formula is C16H32S. The predicted molar refractivity (Wildman–Crippen MR) is 81.8 cm³/mol. The van der Waals surface area contributed by atoms with E-state index in [1.807, 2.05) is 0 Å². The Labute approximate surface area is 114 Å². The summed E-state index contributed by atoms with van der Waals surface area (Å²) in [6.45, 7) is 7.40. The molecule has 0 amide bonds. The molecule has 2 unspecified atom stereocenters. The Kier molecular flexibility index (Phi) is 6.99. The van der Waals surface area contributed by atoms with Crippen LogP contribution in [0.25, 0.3) is 0 Å². The van der Waals surface area contributed by atoms with Gasteiger partial charge in [0.1, 0.15) is 0 Å². The van der Waals surface area contributed by atoms with E-state index in [0.717, 1.165) is 17.6 Å². The van der Waals surface area contributed by atoms with Gasteiger partial charge < -0.3 is 0 Å². The van der Waals surface area contributed by atoms with Gasteiger partial charge in [-0.1, -0.05) is 59.3 Å². The van der Waals surface area contributed by atoms with E-state index in [2.05, 4.69) is 33.4 Å². The first kappa shape index (κ1) is 15.4. The van der Waals surface area contributed by atoms with Crippen molar-refractivity contribution in [3.63, 3.8) is 0 Å². The van der Waals surface area contributed by atoms with Crippen molar-refractivity contribution >= 4 is 12.6 Å². The second-order valence-corrected chi connectivity index (χ2v) is 7.37. The van der Waals surface area contributed by atoms with Crippen molar-refractivity contribution in [2.24, 2.45) is 17.3 Å². The zero-order chi connectivity index (χ0) is 12.7. The minimum Gasteiger partial charge on any atom is -0.179 e. The molecule has 0 aromatic carbocycles. The Bertz CT molecular complexity index is 198. The highest BCUT2D eigenvalue weighted by Crippen LogP contribution is 2.42. The maximum Gasteiger partial charge on any atom is -0.00979 e. The summed E-state index contributed by atoms with van der Waals surface area (Å²) in [6.07, 6.45) is 12.8. The molecule has 0 nitrogen and oxygen atoms in total. The van der Waals surface area contributed by atoms with Gasteiger partial charge in [-0.15, -0.1) is 0 Å². The number of hydrogen-bond donors (Lipinski definition) is 1. The molecule has 0 saturated heterocycles. The molecule has 102 valence electrons. The van der Waals surface area contributed by atoms with E-state index in [-0.39, 0.29) is 0 Å². The lowest BCUT2D eigenvalue weighted by Crippen LogP contribution is -2.26. The molecular weight excluding hydrogens is 224 g/mol. The molecule has 1 aliphatic carbocycles. The summed E-state index contributed by atoms with van der Waals surface area (Å²) < 4.78 is 0. The smallest absolute Gasteiger partial charge is 0.00979 e. The van der Waals surface area contributed by atoms with Crippen LogP contribution in [-0.2, 0) is 0 Å². The highest BCUT2D eigenvalue weighted by Gasteiger charge is 2.30. The third-order valence-corrected chi connectivity index (χ3v) is 4.93. The molecule has 0 spiro atoms. The zero-order valence-electron chi connectivity index (χ0n) is 12.2. The number of unbranched alkanes of at least 4 members (excludes halogenated alkanes) is 3. The highest BCUT2D eigenvalue weighted by atomic mass is 32.1. The van der Waals surface area contributed by atoms with Crippen molar-refractivity contribution in [3.05, 3.63) is 0 Å². The summed E-state index contributed by atoms with van der Waals surface area (Å²) in [7, 11) is 0. The van der Waals surface area contributed by atoms with E-state index < -0.39 is 0 Å². The van der Waals surface area contributed by atoms with Gasteiger partial charge in [0, 0.05) is 0 Å². The molecule has 1 fully saturated rings. The van der Waals surface area contributed by atoms with E-state index in [9.17, 15) is 0 Å². The summed E-state index contributed by atoms with van der Waals surface area (Å²) in [6, 6.07) is 0. The molecule has 1 aliphatic rings. The van der Waals surface area contributed by atoms with Crippen LogP contribution in [-0.4, -0.2) is 5.75 Å². The van der Waals surface area contributed by atoms with Gasteiger partial charge in [-0.05, 0) is 42.3 Å². The normalized spacial score (nSPS) is 25.8. The van der Waals surface area contributed by atoms with Gasteiger partial charge in [-0.3, -0.25) is 0 Å². The fourth-order valence-corrected chi connectivity index (χ4v) is 3.63. The molecule has 0 aromatic heterocycles. The summed E-state index contributed by atoms with van der Waals surface area (Å²) in [5.74, 6) is 3.01. The molecule has 0 aromatic rings. The fraction of sp³-hybridized carbons (Fsp3) is 1.00. The lowest BCUT2D eigenvalue weighted by Gasteiger charge is -2.38. The zero-order valence-corrected chi connectivity index (χ0v) is 13.1. The van der Waals surface area contributed by atoms with Crippen LogP contribution in [0.2, 0.25) is 0 Å². The third-order valence-electron chi connectivity index (χ3n) is 4.62. The van der Waals surface area contributed by atoms with Crippen molar-refractivity contribution in [2.45, 2.75) is 78.6 Å². The Morgan fingerprint density at radius 2 is 1.88 bits per heavy atom. The van der Waals surface area contributed by atoms with Gasteiger partial charge in [0.15, 0.2) is 0 Å². The third kappa shape index (κ3) is 6.18. The van der Waals surface area contributed by atoms with Crippen LogP contribution in [0.3, 0.4) is 0 Å². The lowest BCUT2D eigenvalue weighted by atomic mass is 9.68. The summed E-state index contributed by atoms with van der Waals surface area (Å²) in [5.41, 5.74) is 0.614. The van der Waals surface area contributed by atoms with E-state index in [1.54, 1.807) is 0 Å². The Morgan fingerprint density at radius 1 is 1.18 bits per heavy atom. The largest absolute Gasteiger partial charge is 0.179 e. The molecule has 0 aliphatic heterocycles. The topological polar surface area (TPSA) is 0 Å². The van der Waals surface area contributed by atoms with Crippen LogP contribution in [0, 0.1) is 17.3 Å². The van der Waals surface area contributed by atoms with Gasteiger partial charge in [0.2, 0.25) is 0 Å². The van der Waals surface area contributed by atoms with Crippen molar-refractivity contribution in [1.29, 1.82) is 0 Å². The summed E-state index contributed by atoms with van der Waals surface area (Å²) in [5, 5.41) is 0. The number of rotatable bonds is 7. The van der Waals surface area contributed by atoms with Gasteiger partial charge >= 0.3 is 0 Å². The van der Waals surface area contributed by atoms with Crippen LogP contribution in [0.1, 0.15) is 78.6 Å². The average molecular weight is 256 g/mol. The first-order chi connectivity index (χ1) is 8.05.